The van der Waals surface area contributed by atoms with Gasteiger partial charge in [-0.25, -0.2) is 0 Å². The lowest BCUT2D eigenvalue weighted by Crippen LogP contribution is -2.25. The van der Waals surface area contributed by atoms with Crippen LogP contribution in [0.4, 0.5) is 0 Å². The number of para-hydroxylation sites is 1. The number of aliphatic carboxylic acids is 1. The van der Waals surface area contributed by atoms with E-state index in [1.807, 2.05) is 6.07 Å². The topological polar surface area (TPSA) is 63.6 Å². The van der Waals surface area contributed by atoms with E-state index >= 15 is 0 Å². The van der Waals surface area contributed by atoms with Crippen molar-refractivity contribution in [2.24, 2.45) is 11.8 Å². The van der Waals surface area contributed by atoms with Crippen molar-refractivity contribution in [2.75, 3.05) is 0 Å². The molecule has 1 atom stereocenters. The van der Waals surface area contributed by atoms with E-state index in [-0.39, 0.29) is 12.3 Å². The van der Waals surface area contributed by atoms with E-state index in [2.05, 4.69) is 0 Å². The van der Waals surface area contributed by atoms with Crippen LogP contribution in [0.5, 0.6) is 5.75 Å². The highest BCUT2D eigenvalue weighted by atomic mass is 16.5. The Morgan fingerprint density at radius 1 is 1.24 bits per heavy atom. The normalized spacial score (nSPS) is 12.2. The first kappa shape index (κ1) is 13.2. The molecule has 0 radical (unpaired) electrons. The summed E-state index contributed by atoms with van der Waals surface area (Å²) in [7, 11) is 0. The fraction of sp³-hybridized carbons (Fsp3) is 0.385. The molecule has 0 aromatic heterocycles. The summed E-state index contributed by atoms with van der Waals surface area (Å²) in [5, 5.41) is 8.95. The third kappa shape index (κ3) is 4.26. The van der Waals surface area contributed by atoms with Crippen LogP contribution in [0, 0.1) is 11.8 Å². The van der Waals surface area contributed by atoms with Gasteiger partial charge in [-0.2, -0.15) is 0 Å². The molecule has 0 aliphatic carbocycles. The van der Waals surface area contributed by atoms with E-state index in [4.69, 9.17) is 9.84 Å². The molecule has 1 aromatic rings. The molecule has 92 valence electrons. The van der Waals surface area contributed by atoms with Crippen molar-refractivity contribution < 1.29 is 19.4 Å². The lowest BCUT2D eigenvalue weighted by atomic mass is 9.93. The summed E-state index contributed by atoms with van der Waals surface area (Å²) in [6.45, 7) is 3.54. The van der Waals surface area contributed by atoms with Gasteiger partial charge in [-0.3, -0.25) is 9.59 Å². The summed E-state index contributed by atoms with van der Waals surface area (Å²) in [5.41, 5.74) is 0. The Morgan fingerprint density at radius 2 is 1.82 bits per heavy atom. The standard InChI is InChI=1S/C13H16O4/c1-9(2)11(13(15)16)8-12(14)17-10-6-4-3-5-7-10/h3-7,9,11H,8H2,1-2H3,(H,15,16)/t11-/m0/s1. The highest BCUT2D eigenvalue weighted by molar-refractivity contribution is 5.80. The van der Waals surface area contributed by atoms with Crippen molar-refractivity contribution in [3.63, 3.8) is 0 Å². The van der Waals surface area contributed by atoms with Crippen LogP contribution in [0.15, 0.2) is 30.3 Å². The van der Waals surface area contributed by atoms with Crippen LogP contribution in [-0.2, 0) is 9.59 Å². The maximum absolute atomic E-state index is 11.5. The highest BCUT2D eigenvalue weighted by Gasteiger charge is 2.25. The van der Waals surface area contributed by atoms with E-state index in [0.717, 1.165) is 0 Å². The molecule has 0 amide bonds. The first-order valence-corrected chi connectivity index (χ1v) is 5.49. The van der Waals surface area contributed by atoms with Crippen molar-refractivity contribution in [2.45, 2.75) is 20.3 Å². The summed E-state index contributed by atoms with van der Waals surface area (Å²) in [6.07, 6.45) is -0.109. The van der Waals surface area contributed by atoms with Crippen molar-refractivity contribution >= 4 is 11.9 Å². The smallest absolute Gasteiger partial charge is 0.312 e. The molecule has 1 aromatic carbocycles. The predicted molar refractivity (Wildman–Crippen MR) is 62.7 cm³/mol. The molecule has 1 rings (SSSR count). The van der Waals surface area contributed by atoms with E-state index < -0.39 is 17.9 Å². The second-order valence-electron chi connectivity index (χ2n) is 4.18. The van der Waals surface area contributed by atoms with E-state index in [1.165, 1.54) is 0 Å². The number of rotatable bonds is 5. The van der Waals surface area contributed by atoms with Crippen molar-refractivity contribution in [1.82, 2.24) is 0 Å². The molecule has 0 unspecified atom stereocenters. The fourth-order valence-corrected chi connectivity index (χ4v) is 1.45. The van der Waals surface area contributed by atoms with Crippen LogP contribution in [0.3, 0.4) is 0 Å². The van der Waals surface area contributed by atoms with Gasteiger partial charge < -0.3 is 9.84 Å². The molecular weight excluding hydrogens is 220 g/mol. The van der Waals surface area contributed by atoms with Crippen LogP contribution in [0.25, 0.3) is 0 Å². The maximum atomic E-state index is 11.5. The van der Waals surface area contributed by atoms with Crippen molar-refractivity contribution in [3.8, 4) is 5.75 Å². The predicted octanol–water partition coefficient (Wildman–Crippen LogP) is 2.34. The van der Waals surface area contributed by atoms with Gasteiger partial charge in [0.15, 0.2) is 0 Å². The quantitative estimate of drug-likeness (QED) is 0.629. The lowest BCUT2D eigenvalue weighted by Gasteiger charge is -2.14. The second-order valence-corrected chi connectivity index (χ2v) is 4.18. The number of esters is 1. The number of carbonyl (C=O) groups excluding carboxylic acids is 1. The number of hydrogen-bond acceptors (Lipinski definition) is 3. The van der Waals surface area contributed by atoms with Crippen LogP contribution in [0.1, 0.15) is 20.3 Å². The molecule has 0 saturated heterocycles. The molecule has 0 aliphatic heterocycles. The van der Waals surface area contributed by atoms with Crippen molar-refractivity contribution in [1.29, 1.82) is 0 Å². The molecule has 0 aliphatic rings. The van der Waals surface area contributed by atoms with Gasteiger partial charge in [-0.15, -0.1) is 0 Å². The zero-order valence-corrected chi connectivity index (χ0v) is 9.92. The maximum Gasteiger partial charge on any atom is 0.312 e. The van der Waals surface area contributed by atoms with Gasteiger partial charge in [0.1, 0.15) is 5.75 Å². The largest absolute Gasteiger partial charge is 0.481 e. The second kappa shape index (κ2) is 6.03. The Kier molecular flexibility index (Phi) is 4.69. The zero-order chi connectivity index (χ0) is 12.8. The third-order valence-corrected chi connectivity index (χ3v) is 2.48. The van der Waals surface area contributed by atoms with E-state index in [9.17, 15) is 9.59 Å². The lowest BCUT2D eigenvalue weighted by molar-refractivity contribution is -0.148. The molecule has 0 saturated carbocycles. The summed E-state index contributed by atoms with van der Waals surface area (Å²) >= 11 is 0. The summed E-state index contributed by atoms with van der Waals surface area (Å²) in [5.74, 6) is -1.85. The number of ether oxygens (including phenoxy) is 1. The van der Waals surface area contributed by atoms with Crippen LogP contribution in [-0.4, -0.2) is 17.0 Å². The number of carbonyl (C=O) groups is 2. The van der Waals surface area contributed by atoms with Gasteiger partial charge >= 0.3 is 11.9 Å². The third-order valence-electron chi connectivity index (χ3n) is 2.48. The van der Waals surface area contributed by atoms with Crippen LogP contribution in [0.2, 0.25) is 0 Å². The molecule has 4 nitrogen and oxygen atoms in total. The highest BCUT2D eigenvalue weighted by Crippen LogP contribution is 2.17. The molecule has 1 N–H and O–H groups in total. The Labute approximate surface area is 100 Å². The molecule has 0 spiro atoms. The summed E-state index contributed by atoms with van der Waals surface area (Å²) in [4.78, 5) is 22.5. The first-order chi connectivity index (χ1) is 8.00. The minimum atomic E-state index is -0.968. The number of benzene rings is 1. The van der Waals surface area contributed by atoms with Gasteiger partial charge in [0, 0.05) is 0 Å². The molecular formula is C13H16O4. The van der Waals surface area contributed by atoms with Gasteiger partial charge in [0.25, 0.3) is 0 Å². The molecule has 0 fully saturated rings. The monoisotopic (exact) mass is 236 g/mol. The van der Waals surface area contributed by atoms with Gasteiger partial charge in [-0.05, 0) is 18.1 Å². The van der Waals surface area contributed by atoms with E-state index in [0.29, 0.717) is 5.75 Å². The van der Waals surface area contributed by atoms with Gasteiger partial charge in [0.05, 0.1) is 12.3 Å². The summed E-state index contributed by atoms with van der Waals surface area (Å²) in [6, 6.07) is 8.62. The van der Waals surface area contributed by atoms with E-state index in [1.54, 1.807) is 38.1 Å². The molecule has 4 heteroatoms. The number of carboxylic acids is 1. The van der Waals surface area contributed by atoms with Crippen molar-refractivity contribution in [3.05, 3.63) is 30.3 Å². The van der Waals surface area contributed by atoms with Gasteiger partial charge in [0.2, 0.25) is 0 Å². The minimum absolute atomic E-state index is 0.101. The zero-order valence-electron chi connectivity index (χ0n) is 9.92. The van der Waals surface area contributed by atoms with Crippen LogP contribution < -0.4 is 4.74 Å². The summed E-state index contributed by atoms with van der Waals surface area (Å²) < 4.78 is 5.04. The SMILES string of the molecule is CC(C)[C@H](CC(=O)Oc1ccccc1)C(=O)O. The number of carboxylic acid groups (broad SMARTS) is 1. The Morgan fingerprint density at radius 3 is 2.29 bits per heavy atom. The van der Waals surface area contributed by atoms with Crippen LogP contribution >= 0.6 is 0 Å². The first-order valence-electron chi connectivity index (χ1n) is 5.49. The molecule has 0 bridgehead atoms. The number of hydrogen-bond donors (Lipinski definition) is 1. The Bertz CT molecular complexity index is 384. The molecule has 17 heavy (non-hydrogen) atoms. The molecule has 0 heterocycles. The van der Waals surface area contributed by atoms with Gasteiger partial charge in [-0.1, -0.05) is 32.0 Å². The minimum Gasteiger partial charge on any atom is -0.481 e. The average Bonchev–Trinajstić information content (AvgIpc) is 2.26. The Balaban J connectivity index is 2.57. The Hall–Kier alpha value is -1.84. The fourth-order valence-electron chi connectivity index (χ4n) is 1.45. The average molecular weight is 236 g/mol.